The van der Waals surface area contributed by atoms with Crippen molar-refractivity contribution in [1.29, 1.82) is 0 Å². The number of aromatic nitrogens is 1. The lowest BCUT2D eigenvalue weighted by Gasteiger charge is -2.24. The first-order chi connectivity index (χ1) is 15.9. The maximum Gasteiger partial charge on any atom is 0.338 e. The number of nitrogens with zero attached hydrogens (tertiary/aromatic N) is 2. The van der Waals surface area contributed by atoms with E-state index in [1.807, 2.05) is 61.5 Å². The molecule has 7 heteroatoms. The van der Waals surface area contributed by atoms with Gasteiger partial charge in [0.15, 0.2) is 4.80 Å². The van der Waals surface area contributed by atoms with Crippen LogP contribution in [0, 0.1) is 6.92 Å². The van der Waals surface area contributed by atoms with Gasteiger partial charge in [0.05, 0.1) is 29.0 Å². The van der Waals surface area contributed by atoms with Crippen LogP contribution in [0.3, 0.4) is 0 Å². The van der Waals surface area contributed by atoms with Crippen molar-refractivity contribution in [3.63, 3.8) is 0 Å². The van der Waals surface area contributed by atoms with Gasteiger partial charge in [0.1, 0.15) is 12.4 Å². The van der Waals surface area contributed by atoms with E-state index in [2.05, 4.69) is 11.6 Å². The second-order valence-electron chi connectivity index (χ2n) is 7.65. The number of allylic oxidation sites excluding steroid dienone is 1. The summed E-state index contributed by atoms with van der Waals surface area (Å²) in [5, 5.41) is 0. The van der Waals surface area contributed by atoms with Gasteiger partial charge in [0.25, 0.3) is 5.56 Å². The number of methoxy groups -OCH3 is 1. The molecule has 1 aliphatic rings. The number of benzene rings is 2. The fraction of sp³-hybridized carbons (Fsp3) is 0.192. The third kappa shape index (κ3) is 4.45. The van der Waals surface area contributed by atoms with E-state index in [9.17, 15) is 9.59 Å². The standard InChI is InChI=1S/C26H24N2O4S/c1-5-14-32-20-12-8-18(9-13-20)15-21-24(29)28-23(19-10-6-16(2)7-11-19)22(25(30)31-4)17(3)27-26(28)33-21/h5-13,15,23H,1,14H2,2-4H3/b21-15+/t23-/m1/s1. The van der Waals surface area contributed by atoms with Crippen molar-refractivity contribution in [3.05, 3.63) is 109 Å². The molecule has 0 amide bonds. The molecule has 4 rings (SSSR count). The zero-order valence-corrected chi connectivity index (χ0v) is 19.5. The van der Waals surface area contributed by atoms with Crippen LogP contribution in [-0.4, -0.2) is 24.3 Å². The van der Waals surface area contributed by atoms with Crippen LogP contribution in [0.25, 0.3) is 6.08 Å². The lowest BCUT2D eigenvalue weighted by atomic mass is 9.95. The Balaban J connectivity index is 1.85. The van der Waals surface area contributed by atoms with Gasteiger partial charge in [-0.25, -0.2) is 9.79 Å². The van der Waals surface area contributed by atoms with Gasteiger partial charge in [-0.15, -0.1) is 0 Å². The highest BCUT2D eigenvalue weighted by atomic mass is 32.1. The first kappa shape index (κ1) is 22.5. The molecule has 33 heavy (non-hydrogen) atoms. The Morgan fingerprint density at radius 2 is 1.85 bits per heavy atom. The fourth-order valence-corrected chi connectivity index (χ4v) is 4.77. The molecule has 3 aromatic rings. The largest absolute Gasteiger partial charge is 0.490 e. The van der Waals surface area contributed by atoms with Gasteiger partial charge >= 0.3 is 5.97 Å². The molecular weight excluding hydrogens is 436 g/mol. The molecule has 168 valence electrons. The highest BCUT2D eigenvalue weighted by molar-refractivity contribution is 7.07. The summed E-state index contributed by atoms with van der Waals surface area (Å²) in [4.78, 5) is 31.3. The lowest BCUT2D eigenvalue weighted by molar-refractivity contribution is -0.136. The number of thiazole rings is 1. The first-order valence-electron chi connectivity index (χ1n) is 10.4. The van der Waals surface area contributed by atoms with E-state index in [-0.39, 0.29) is 5.56 Å². The smallest absolute Gasteiger partial charge is 0.338 e. The Labute approximate surface area is 195 Å². The molecule has 2 heterocycles. The van der Waals surface area contributed by atoms with Crippen LogP contribution in [-0.2, 0) is 9.53 Å². The van der Waals surface area contributed by atoms with Crippen molar-refractivity contribution < 1.29 is 14.3 Å². The Bertz CT molecular complexity index is 1410. The molecule has 0 unspecified atom stereocenters. The molecule has 1 aromatic heterocycles. The zero-order valence-electron chi connectivity index (χ0n) is 18.7. The van der Waals surface area contributed by atoms with Crippen molar-refractivity contribution in [3.8, 4) is 5.75 Å². The summed E-state index contributed by atoms with van der Waals surface area (Å²) in [6.07, 6.45) is 3.51. The summed E-state index contributed by atoms with van der Waals surface area (Å²) < 4.78 is 12.7. The summed E-state index contributed by atoms with van der Waals surface area (Å²) in [6, 6.07) is 14.7. The molecule has 0 radical (unpaired) electrons. The Hall–Kier alpha value is -3.71. The molecule has 1 atom stereocenters. The van der Waals surface area contributed by atoms with E-state index in [1.54, 1.807) is 17.6 Å². The number of hydrogen-bond donors (Lipinski definition) is 0. The molecular formula is C26H24N2O4S. The zero-order chi connectivity index (χ0) is 23.5. The molecule has 0 fully saturated rings. The van der Waals surface area contributed by atoms with Crippen molar-refractivity contribution in [2.75, 3.05) is 13.7 Å². The normalized spacial score (nSPS) is 15.6. The highest BCUT2D eigenvalue weighted by Crippen LogP contribution is 2.30. The van der Waals surface area contributed by atoms with Crippen molar-refractivity contribution in [1.82, 2.24) is 4.57 Å². The van der Waals surface area contributed by atoms with Crippen molar-refractivity contribution >= 4 is 23.4 Å². The van der Waals surface area contributed by atoms with Gasteiger partial charge in [-0.3, -0.25) is 9.36 Å². The van der Waals surface area contributed by atoms with Crippen molar-refractivity contribution in [2.24, 2.45) is 4.99 Å². The number of aryl methyl sites for hydroxylation is 1. The monoisotopic (exact) mass is 460 g/mol. The number of ether oxygens (including phenoxy) is 2. The van der Waals surface area contributed by atoms with Gasteiger partial charge in [-0.2, -0.15) is 0 Å². The van der Waals surface area contributed by atoms with Crippen LogP contribution in [0.1, 0.15) is 29.7 Å². The highest BCUT2D eigenvalue weighted by Gasteiger charge is 2.32. The van der Waals surface area contributed by atoms with E-state index >= 15 is 0 Å². The Morgan fingerprint density at radius 3 is 2.48 bits per heavy atom. The minimum Gasteiger partial charge on any atom is -0.490 e. The second-order valence-corrected chi connectivity index (χ2v) is 8.66. The maximum atomic E-state index is 13.5. The minimum atomic E-state index is -0.605. The van der Waals surface area contributed by atoms with Gasteiger partial charge in [-0.1, -0.05) is 66.0 Å². The predicted molar refractivity (Wildman–Crippen MR) is 129 cm³/mol. The third-order valence-electron chi connectivity index (χ3n) is 5.37. The molecule has 0 N–H and O–H groups in total. The topological polar surface area (TPSA) is 69.9 Å². The van der Waals surface area contributed by atoms with E-state index in [0.29, 0.717) is 27.2 Å². The number of hydrogen-bond acceptors (Lipinski definition) is 6. The Kier molecular flexibility index (Phi) is 6.42. The van der Waals surface area contributed by atoms with Gasteiger partial charge in [0, 0.05) is 0 Å². The molecule has 6 nitrogen and oxygen atoms in total. The molecule has 0 saturated carbocycles. The molecule has 2 aromatic carbocycles. The molecule has 1 aliphatic heterocycles. The molecule has 0 aliphatic carbocycles. The third-order valence-corrected chi connectivity index (χ3v) is 6.35. The average Bonchev–Trinajstić information content (AvgIpc) is 3.12. The van der Waals surface area contributed by atoms with E-state index in [4.69, 9.17) is 9.47 Å². The van der Waals surface area contributed by atoms with Crippen LogP contribution in [0.4, 0.5) is 0 Å². The van der Waals surface area contributed by atoms with Crippen LogP contribution < -0.4 is 19.6 Å². The van der Waals surface area contributed by atoms with Crippen LogP contribution >= 0.6 is 11.3 Å². The van der Waals surface area contributed by atoms with Crippen LogP contribution in [0.5, 0.6) is 5.75 Å². The van der Waals surface area contributed by atoms with E-state index in [0.717, 1.165) is 22.4 Å². The number of esters is 1. The molecule has 0 spiro atoms. The second kappa shape index (κ2) is 9.42. The summed E-state index contributed by atoms with van der Waals surface area (Å²) in [6.45, 7) is 7.83. The van der Waals surface area contributed by atoms with Gasteiger partial charge in [0.2, 0.25) is 0 Å². The van der Waals surface area contributed by atoms with Gasteiger partial charge in [-0.05, 0) is 43.2 Å². The Morgan fingerprint density at radius 1 is 1.15 bits per heavy atom. The quantitative estimate of drug-likeness (QED) is 0.418. The maximum absolute atomic E-state index is 13.5. The predicted octanol–water partition coefficient (Wildman–Crippen LogP) is 3.28. The summed E-state index contributed by atoms with van der Waals surface area (Å²) in [7, 11) is 1.34. The molecule has 0 saturated heterocycles. The van der Waals surface area contributed by atoms with Crippen LogP contribution in [0.15, 0.2) is 82.2 Å². The lowest BCUT2D eigenvalue weighted by Crippen LogP contribution is -2.39. The van der Waals surface area contributed by atoms with E-state index in [1.165, 1.54) is 18.4 Å². The van der Waals surface area contributed by atoms with E-state index < -0.39 is 12.0 Å². The summed E-state index contributed by atoms with van der Waals surface area (Å²) in [5.41, 5.74) is 3.49. The number of fused-ring (bicyclic) bond motifs is 1. The minimum absolute atomic E-state index is 0.204. The number of rotatable bonds is 6. The van der Waals surface area contributed by atoms with Crippen LogP contribution in [0.2, 0.25) is 0 Å². The number of carbonyl (C=O) groups is 1. The van der Waals surface area contributed by atoms with Gasteiger partial charge < -0.3 is 9.47 Å². The first-order valence-corrected chi connectivity index (χ1v) is 11.3. The molecule has 0 bridgehead atoms. The average molecular weight is 461 g/mol. The fourth-order valence-electron chi connectivity index (χ4n) is 3.72. The number of carbonyl (C=O) groups excluding carboxylic acids is 1. The van der Waals surface area contributed by atoms with Crippen molar-refractivity contribution in [2.45, 2.75) is 19.9 Å². The summed E-state index contributed by atoms with van der Waals surface area (Å²) >= 11 is 1.30. The summed E-state index contributed by atoms with van der Waals surface area (Å²) in [5.74, 6) is 0.234. The SMILES string of the molecule is C=CCOc1ccc(/C=c2/sc3n(c2=O)[C@H](c2ccc(C)cc2)C(C(=O)OC)=C(C)N=3)cc1.